The largest absolute Gasteiger partial charge is 0.369 e. The molecule has 5 heteroatoms. The Kier molecular flexibility index (Phi) is 2.40. The maximum atomic E-state index is 12.4. The van der Waals surface area contributed by atoms with E-state index in [2.05, 4.69) is 15.3 Å². The van der Waals surface area contributed by atoms with E-state index >= 15 is 0 Å². The summed E-state index contributed by atoms with van der Waals surface area (Å²) in [5, 5.41) is 2.63. The number of nitrogens with two attached hydrogens (primary N) is 1. The third-order valence-corrected chi connectivity index (χ3v) is 3.48. The molecule has 0 bridgehead atoms. The lowest BCUT2D eigenvalue weighted by atomic mass is 9.72. The highest BCUT2D eigenvalue weighted by molar-refractivity contribution is 6.23. The summed E-state index contributed by atoms with van der Waals surface area (Å²) in [6, 6.07) is 9.66. The fraction of sp³-hybridized carbons (Fsp3) is 0.308. The molecule has 18 heavy (non-hydrogen) atoms. The molecule has 0 saturated heterocycles. The molecule has 1 unspecified atom stereocenters. The van der Waals surface area contributed by atoms with Crippen molar-refractivity contribution in [3.05, 3.63) is 35.9 Å². The predicted molar refractivity (Wildman–Crippen MR) is 69.4 cm³/mol. The zero-order chi connectivity index (χ0) is 12.6. The highest BCUT2D eigenvalue weighted by atomic mass is 16.2. The van der Waals surface area contributed by atoms with Gasteiger partial charge in [-0.05, 0) is 18.4 Å². The number of rotatable bonds is 1. The number of nitrogens with zero attached hydrogens (tertiary/aromatic N) is 2. The number of carbonyl (C=O) groups is 1. The normalized spacial score (nSPS) is 26.8. The number of guanidine groups is 1. The van der Waals surface area contributed by atoms with E-state index in [1.54, 1.807) is 0 Å². The van der Waals surface area contributed by atoms with Crippen LogP contribution in [-0.2, 0) is 10.2 Å². The van der Waals surface area contributed by atoms with Crippen molar-refractivity contribution in [2.24, 2.45) is 15.7 Å². The summed E-state index contributed by atoms with van der Waals surface area (Å²) < 4.78 is 0. The van der Waals surface area contributed by atoms with Gasteiger partial charge in [-0.15, -0.1) is 0 Å². The molecule has 1 atom stereocenters. The number of aliphatic imine (C=N–C) groups is 2. The first-order valence-electron chi connectivity index (χ1n) is 5.99. The van der Waals surface area contributed by atoms with E-state index in [1.165, 1.54) is 0 Å². The first kappa shape index (κ1) is 11.0. The molecule has 2 aliphatic heterocycles. The second-order valence-electron chi connectivity index (χ2n) is 4.53. The Balaban J connectivity index is 2.21. The number of carbonyl (C=O) groups excluding carboxylic acids is 1. The molecule has 3 N–H and O–H groups in total. The van der Waals surface area contributed by atoms with Gasteiger partial charge in [0.15, 0.2) is 0 Å². The van der Waals surface area contributed by atoms with Gasteiger partial charge in [-0.1, -0.05) is 30.3 Å². The number of nitrogens with one attached hydrogen (secondary N) is 1. The van der Waals surface area contributed by atoms with Gasteiger partial charge in [0.25, 0.3) is 0 Å². The van der Waals surface area contributed by atoms with Gasteiger partial charge >= 0.3 is 0 Å². The number of fused-ring (bicyclic) bond motifs is 1. The number of benzene rings is 1. The van der Waals surface area contributed by atoms with Gasteiger partial charge in [0.2, 0.25) is 11.9 Å². The van der Waals surface area contributed by atoms with E-state index in [4.69, 9.17) is 5.73 Å². The van der Waals surface area contributed by atoms with Crippen molar-refractivity contribution >= 4 is 17.7 Å². The topological polar surface area (TPSA) is 79.8 Å². The van der Waals surface area contributed by atoms with E-state index in [1.807, 2.05) is 30.3 Å². The summed E-state index contributed by atoms with van der Waals surface area (Å²) in [7, 11) is 0. The quantitative estimate of drug-likeness (QED) is 0.754. The molecule has 0 radical (unpaired) electrons. The molecule has 1 aromatic rings. The Morgan fingerprint density at radius 1 is 1.28 bits per heavy atom. The Hall–Kier alpha value is -2.17. The average molecular weight is 242 g/mol. The van der Waals surface area contributed by atoms with Crippen LogP contribution in [0.4, 0.5) is 0 Å². The molecule has 3 rings (SSSR count). The molecule has 0 aromatic heterocycles. The number of amides is 1. The standard InChI is InChI=1S/C13H14N4O/c14-12-16-10-13(11(18)17-12,7-4-8-15-10)9-5-2-1-3-6-9/h1-3,5-6H,4,7-8H2,(H3,14,15,16,17,18). The van der Waals surface area contributed by atoms with E-state index in [-0.39, 0.29) is 11.9 Å². The van der Waals surface area contributed by atoms with Crippen molar-refractivity contribution in [1.82, 2.24) is 5.32 Å². The first-order valence-corrected chi connectivity index (χ1v) is 5.99. The zero-order valence-electron chi connectivity index (χ0n) is 9.89. The van der Waals surface area contributed by atoms with Crippen molar-refractivity contribution in [3.8, 4) is 0 Å². The van der Waals surface area contributed by atoms with Crippen molar-refractivity contribution in [1.29, 1.82) is 0 Å². The van der Waals surface area contributed by atoms with Crippen LogP contribution in [0.1, 0.15) is 18.4 Å². The van der Waals surface area contributed by atoms with Gasteiger partial charge in [-0.3, -0.25) is 15.1 Å². The number of hydrogen-bond donors (Lipinski definition) is 2. The third kappa shape index (κ3) is 1.44. The van der Waals surface area contributed by atoms with Crippen LogP contribution in [0.3, 0.4) is 0 Å². The molecule has 0 aliphatic carbocycles. The number of amidine groups is 1. The summed E-state index contributed by atoms with van der Waals surface area (Å²) in [5.74, 6) is 0.549. The van der Waals surface area contributed by atoms with Crippen LogP contribution in [0.2, 0.25) is 0 Å². The van der Waals surface area contributed by atoms with E-state index in [0.29, 0.717) is 12.4 Å². The van der Waals surface area contributed by atoms with Crippen LogP contribution < -0.4 is 11.1 Å². The Morgan fingerprint density at radius 3 is 2.83 bits per heavy atom. The molecular formula is C13H14N4O. The summed E-state index contributed by atoms with van der Waals surface area (Å²) in [6.07, 6.45) is 1.60. The van der Waals surface area contributed by atoms with Crippen LogP contribution in [-0.4, -0.2) is 24.2 Å². The highest BCUT2D eigenvalue weighted by Gasteiger charge is 2.48. The van der Waals surface area contributed by atoms with Gasteiger partial charge in [-0.25, -0.2) is 0 Å². The summed E-state index contributed by atoms with van der Waals surface area (Å²) in [4.78, 5) is 21.0. The minimum atomic E-state index is -0.762. The fourth-order valence-electron chi connectivity index (χ4n) is 2.61. The Morgan fingerprint density at radius 2 is 2.06 bits per heavy atom. The van der Waals surface area contributed by atoms with Crippen LogP contribution in [0.25, 0.3) is 0 Å². The molecule has 1 aromatic carbocycles. The molecule has 5 nitrogen and oxygen atoms in total. The monoisotopic (exact) mass is 242 g/mol. The van der Waals surface area contributed by atoms with Gasteiger partial charge in [0, 0.05) is 6.54 Å². The minimum Gasteiger partial charge on any atom is -0.369 e. The average Bonchev–Trinajstić information content (AvgIpc) is 2.39. The Labute approximate surface area is 105 Å². The van der Waals surface area contributed by atoms with Crippen molar-refractivity contribution in [3.63, 3.8) is 0 Å². The SMILES string of the molecule is NC1=NC2=NCCCC2(c2ccccc2)C(=O)N1. The van der Waals surface area contributed by atoms with Gasteiger partial charge in [-0.2, -0.15) is 4.99 Å². The lowest BCUT2D eigenvalue weighted by Gasteiger charge is -2.37. The van der Waals surface area contributed by atoms with E-state index in [9.17, 15) is 4.79 Å². The van der Waals surface area contributed by atoms with Crippen LogP contribution >= 0.6 is 0 Å². The maximum Gasteiger partial charge on any atom is 0.245 e. The van der Waals surface area contributed by atoms with E-state index in [0.717, 1.165) is 18.4 Å². The zero-order valence-corrected chi connectivity index (χ0v) is 9.89. The van der Waals surface area contributed by atoms with Crippen LogP contribution in [0.15, 0.2) is 40.3 Å². The van der Waals surface area contributed by atoms with Crippen molar-refractivity contribution in [2.45, 2.75) is 18.3 Å². The molecule has 0 saturated carbocycles. The van der Waals surface area contributed by atoms with Crippen molar-refractivity contribution in [2.75, 3.05) is 6.54 Å². The summed E-state index contributed by atoms with van der Waals surface area (Å²) >= 11 is 0. The molecule has 92 valence electrons. The molecular weight excluding hydrogens is 228 g/mol. The maximum absolute atomic E-state index is 12.4. The molecule has 0 spiro atoms. The van der Waals surface area contributed by atoms with Gasteiger partial charge < -0.3 is 5.73 Å². The summed E-state index contributed by atoms with van der Waals surface area (Å²) in [5.41, 5.74) is 5.77. The number of hydrogen-bond acceptors (Lipinski definition) is 4. The van der Waals surface area contributed by atoms with Crippen LogP contribution in [0, 0.1) is 0 Å². The lowest BCUT2D eigenvalue weighted by Crippen LogP contribution is -2.58. The lowest BCUT2D eigenvalue weighted by molar-refractivity contribution is -0.123. The second-order valence-corrected chi connectivity index (χ2v) is 4.53. The third-order valence-electron chi connectivity index (χ3n) is 3.48. The van der Waals surface area contributed by atoms with Gasteiger partial charge in [0.1, 0.15) is 11.3 Å². The van der Waals surface area contributed by atoms with E-state index < -0.39 is 5.41 Å². The molecule has 1 amide bonds. The second kappa shape index (κ2) is 3.94. The molecule has 2 aliphatic rings. The smallest absolute Gasteiger partial charge is 0.245 e. The minimum absolute atomic E-state index is 0.125. The molecule has 2 heterocycles. The highest BCUT2D eigenvalue weighted by Crippen LogP contribution is 2.36. The Bertz CT molecular complexity index is 549. The van der Waals surface area contributed by atoms with Gasteiger partial charge in [0.05, 0.1) is 0 Å². The van der Waals surface area contributed by atoms with Crippen LogP contribution in [0.5, 0.6) is 0 Å². The predicted octanol–water partition coefficient (Wildman–Crippen LogP) is 0.561. The fourth-order valence-corrected chi connectivity index (χ4v) is 2.61. The van der Waals surface area contributed by atoms with Crippen molar-refractivity contribution < 1.29 is 4.79 Å². The summed E-state index contributed by atoms with van der Waals surface area (Å²) in [6.45, 7) is 0.702. The first-order chi connectivity index (χ1) is 8.73. The molecule has 0 fully saturated rings.